The van der Waals surface area contributed by atoms with E-state index in [1.54, 1.807) is 43.3 Å². The van der Waals surface area contributed by atoms with Gasteiger partial charge in [0.25, 0.3) is 0 Å². The summed E-state index contributed by atoms with van der Waals surface area (Å²) in [4.78, 5) is 53.4. The summed E-state index contributed by atoms with van der Waals surface area (Å²) in [5, 5.41) is 13.6. The molecule has 0 aliphatic carbocycles. The Bertz CT molecular complexity index is 1160. The highest BCUT2D eigenvalue weighted by Crippen LogP contribution is 2.53. The van der Waals surface area contributed by atoms with Crippen LogP contribution < -0.4 is 10.2 Å². The molecule has 34 heavy (non-hydrogen) atoms. The number of carboxylic acid groups (broad SMARTS) is 1. The van der Waals surface area contributed by atoms with E-state index >= 15 is 0 Å². The van der Waals surface area contributed by atoms with Gasteiger partial charge < -0.3 is 9.84 Å². The molecule has 0 saturated carbocycles. The van der Waals surface area contributed by atoms with Crippen molar-refractivity contribution in [1.82, 2.24) is 5.32 Å². The van der Waals surface area contributed by atoms with E-state index in [-0.39, 0.29) is 0 Å². The summed E-state index contributed by atoms with van der Waals surface area (Å²) in [5.41, 5.74) is 0.565. The number of benzene rings is 2. The Morgan fingerprint density at radius 1 is 1.12 bits per heavy atom. The number of para-hydroxylation sites is 1. The molecule has 0 radical (unpaired) electrons. The van der Waals surface area contributed by atoms with Gasteiger partial charge in [-0.3, -0.25) is 19.7 Å². The molecule has 2 aliphatic heterocycles. The maximum atomic E-state index is 13.8. The quantitative estimate of drug-likeness (QED) is 0.499. The average Bonchev–Trinajstić information content (AvgIpc) is 3.33. The van der Waals surface area contributed by atoms with E-state index in [0.717, 1.165) is 10.5 Å². The molecule has 0 aromatic heterocycles. The zero-order chi connectivity index (χ0) is 24.8. The van der Waals surface area contributed by atoms with Crippen LogP contribution in [0.25, 0.3) is 0 Å². The highest BCUT2D eigenvalue weighted by molar-refractivity contribution is 6.24. The average molecular weight is 465 g/mol. The number of carbonyl (C=O) groups is 4. The molecule has 2 aromatic carbocycles. The van der Waals surface area contributed by atoms with Crippen LogP contribution in [0.2, 0.25) is 0 Å². The number of anilines is 1. The van der Waals surface area contributed by atoms with E-state index in [9.17, 15) is 24.3 Å². The number of aryl methyl sites for hydroxylation is 1. The topological polar surface area (TPSA) is 113 Å². The number of nitrogens with zero attached hydrogens (tertiary/aromatic N) is 1. The van der Waals surface area contributed by atoms with Gasteiger partial charge in [-0.2, -0.15) is 0 Å². The SMILES string of the molecule is CCC(C)C1(C(=O)O)NC(c2ccc(C(=O)OC)cc2)C2C(=O)N(c3ccccc3C)C(=O)C21. The van der Waals surface area contributed by atoms with E-state index in [1.165, 1.54) is 7.11 Å². The normalized spacial score (nSPS) is 26.9. The second kappa shape index (κ2) is 8.68. The molecule has 2 fully saturated rings. The molecular weight excluding hydrogens is 436 g/mol. The number of rotatable bonds is 6. The third-order valence-corrected chi connectivity index (χ3v) is 7.39. The van der Waals surface area contributed by atoms with Crippen molar-refractivity contribution in [3.8, 4) is 0 Å². The van der Waals surface area contributed by atoms with Gasteiger partial charge in [0.15, 0.2) is 0 Å². The Morgan fingerprint density at radius 2 is 1.76 bits per heavy atom. The molecule has 5 atom stereocenters. The first-order valence-electron chi connectivity index (χ1n) is 11.3. The maximum absolute atomic E-state index is 13.8. The van der Waals surface area contributed by atoms with Crippen molar-refractivity contribution in [3.63, 3.8) is 0 Å². The lowest BCUT2D eigenvalue weighted by atomic mass is 9.72. The number of methoxy groups -OCH3 is 1. The van der Waals surface area contributed by atoms with Crippen LogP contribution >= 0.6 is 0 Å². The fourth-order valence-electron chi connectivity index (χ4n) is 5.41. The van der Waals surface area contributed by atoms with Crippen molar-refractivity contribution in [3.05, 3.63) is 65.2 Å². The first kappa shape index (κ1) is 23.6. The molecule has 2 heterocycles. The summed E-state index contributed by atoms with van der Waals surface area (Å²) in [5.74, 6) is -4.98. The fourth-order valence-corrected chi connectivity index (χ4v) is 5.41. The minimum absolute atomic E-state index is 0.336. The summed E-state index contributed by atoms with van der Waals surface area (Å²) in [6.45, 7) is 5.46. The van der Waals surface area contributed by atoms with Crippen LogP contribution in [0.15, 0.2) is 48.5 Å². The second-order valence-corrected chi connectivity index (χ2v) is 9.02. The molecule has 2 aromatic rings. The van der Waals surface area contributed by atoms with Crippen LogP contribution in [0.4, 0.5) is 5.69 Å². The monoisotopic (exact) mass is 464 g/mol. The van der Waals surface area contributed by atoms with Gasteiger partial charge in [-0.05, 0) is 42.2 Å². The number of amides is 2. The first-order chi connectivity index (χ1) is 16.2. The van der Waals surface area contributed by atoms with Gasteiger partial charge >= 0.3 is 11.9 Å². The van der Waals surface area contributed by atoms with Crippen LogP contribution in [0.3, 0.4) is 0 Å². The van der Waals surface area contributed by atoms with Crippen LogP contribution in [0, 0.1) is 24.7 Å². The number of carboxylic acids is 1. The molecule has 178 valence electrons. The highest BCUT2D eigenvalue weighted by Gasteiger charge is 2.70. The minimum atomic E-state index is -1.62. The van der Waals surface area contributed by atoms with Crippen LogP contribution in [0.1, 0.15) is 47.8 Å². The van der Waals surface area contributed by atoms with Gasteiger partial charge in [0.2, 0.25) is 11.8 Å². The molecule has 8 nitrogen and oxygen atoms in total. The Labute approximate surface area is 197 Å². The number of hydrogen-bond donors (Lipinski definition) is 2. The van der Waals surface area contributed by atoms with E-state index < -0.39 is 53.1 Å². The standard InChI is InChI=1S/C26H28N2O6/c1-5-15(3)26(25(32)33)20-19(21(27-26)16-10-12-17(13-11-16)24(31)34-4)22(29)28(23(20)30)18-9-7-6-8-14(18)2/h6-13,15,19-21,27H,5H2,1-4H3,(H,32,33). The number of aliphatic carboxylic acids is 1. The summed E-state index contributed by atoms with van der Waals surface area (Å²) in [6.07, 6.45) is 0.502. The lowest BCUT2D eigenvalue weighted by molar-refractivity contribution is -0.151. The van der Waals surface area contributed by atoms with Gasteiger partial charge in [0.1, 0.15) is 5.54 Å². The van der Waals surface area contributed by atoms with Crippen molar-refractivity contribution in [2.24, 2.45) is 17.8 Å². The van der Waals surface area contributed by atoms with Crippen molar-refractivity contribution in [1.29, 1.82) is 0 Å². The molecule has 0 spiro atoms. The van der Waals surface area contributed by atoms with Crippen molar-refractivity contribution in [2.45, 2.75) is 38.8 Å². The van der Waals surface area contributed by atoms with Crippen molar-refractivity contribution < 1.29 is 29.0 Å². The highest BCUT2D eigenvalue weighted by atomic mass is 16.5. The zero-order valence-corrected chi connectivity index (χ0v) is 19.6. The minimum Gasteiger partial charge on any atom is -0.480 e. The summed E-state index contributed by atoms with van der Waals surface area (Å²) in [6, 6.07) is 12.8. The summed E-state index contributed by atoms with van der Waals surface area (Å²) < 4.78 is 4.75. The molecular formula is C26H28N2O6. The van der Waals surface area contributed by atoms with Gasteiger partial charge in [0.05, 0.1) is 30.2 Å². The van der Waals surface area contributed by atoms with Gasteiger partial charge in [-0.25, -0.2) is 9.69 Å². The Hall–Kier alpha value is -3.52. The molecule has 8 heteroatoms. The van der Waals surface area contributed by atoms with E-state index in [2.05, 4.69) is 5.32 Å². The molecule has 2 amide bonds. The van der Waals surface area contributed by atoms with Gasteiger partial charge in [0, 0.05) is 6.04 Å². The number of carbonyl (C=O) groups excluding carboxylic acids is 3. The number of nitrogens with one attached hydrogen (secondary N) is 1. The van der Waals surface area contributed by atoms with E-state index in [1.807, 2.05) is 26.0 Å². The Balaban J connectivity index is 1.86. The van der Waals surface area contributed by atoms with Gasteiger partial charge in [-0.1, -0.05) is 50.6 Å². The third-order valence-electron chi connectivity index (χ3n) is 7.39. The molecule has 4 rings (SSSR count). The van der Waals surface area contributed by atoms with Crippen molar-refractivity contribution >= 4 is 29.4 Å². The number of ether oxygens (including phenoxy) is 1. The molecule has 2 N–H and O–H groups in total. The molecule has 5 unspecified atom stereocenters. The first-order valence-corrected chi connectivity index (χ1v) is 11.3. The predicted octanol–water partition coefficient (Wildman–Crippen LogP) is 3.10. The molecule has 2 saturated heterocycles. The number of fused-ring (bicyclic) bond motifs is 1. The maximum Gasteiger partial charge on any atom is 0.337 e. The Kier molecular flexibility index (Phi) is 6.03. The lowest BCUT2D eigenvalue weighted by Gasteiger charge is -2.36. The zero-order valence-electron chi connectivity index (χ0n) is 19.6. The molecule has 0 bridgehead atoms. The largest absolute Gasteiger partial charge is 0.480 e. The fraction of sp³-hybridized carbons (Fsp3) is 0.385. The van der Waals surface area contributed by atoms with Crippen LogP contribution in [-0.2, 0) is 19.1 Å². The second-order valence-electron chi connectivity index (χ2n) is 9.02. The van der Waals surface area contributed by atoms with E-state index in [0.29, 0.717) is 23.2 Å². The summed E-state index contributed by atoms with van der Waals surface area (Å²) >= 11 is 0. The van der Waals surface area contributed by atoms with E-state index in [4.69, 9.17) is 4.74 Å². The number of esters is 1. The summed E-state index contributed by atoms with van der Waals surface area (Å²) in [7, 11) is 1.29. The van der Waals surface area contributed by atoms with Crippen LogP contribution in [-0.4, -0.2) is 41.5 Å². The van der Waals surface area contributed by atoms with Crippen LogP contribution in [0.5, 0.6) is 0 Å². The number of imide groups is 1. The predicted molar refractivity (Wildman–Crippen MR) is 124 cm³/mol. The smallest absolute Gasteiger partial charge is 0.337 e. The third kappa shape index (κ3) is 3.32. The lowest BCUT2D eigenvalue weighted by Crippen LogP contribution is -2.59. The van der Waals surface area contributed by atoms with Crippen molar-refractivity contribution in [2.75, 3.05) is 12.0 Å². The Morgan fingerprint density at radius 3 is 2.32 bits per heavy atom. The van der Waals surface area contributed by atoms with Gasteiger partial charge in [-0.15, -0.1) is 0 Å². The molecule has 2 aliphatic rings. The number of hydrogen-bond acceptors (Lipinski definition) is 6.